The first-order valence-corrected chi connectivity index (χ1v) is 4.33. The molecule has 0 aromatic carbocycles. The molecule has 0 heterocycles. The summed E-state index contributed by atoms with van der Waals surface area (Å²) in [4.78, 5) is -0.155. The number of ether oxygens (including phenoxy) is 1. The summed E-state index contributed by atoms with van der Waals surface area (Å²) in [6, 6.07) is 0. The van der Waals surface area contributed by atoms with E-state index in [1.54, 1.807) is 13.2 Å². The minimum atomic E-state index is -0.155. The number of methoxy groups -OCH3 is 1. The van der Waals surface area contributed by atoms with Gasteiger partial charge in [0.1, 0.15) is 5.83 Å². The molecule has 62 valence electrons. The number of allylic oxidation sites excluding steroid dienone is 3. The molecule has 0 amide bonds. The minimum absolute atomic E-state index is 0.107. The third-order valence-corrected chi connectivity index (χ3v) is 2.31. The van der Waals surface area contributed by atoms with E-state index in [4.69, 9.17) is 4.74 Å². The van der Waals surface area contributed by atoms with Gasteiger partial charge in [-0.15, -0.1) is 0 Å². The van der Waals surface area contributed by atoms with E-state index in [1.165, 1.54) is 6.08 Å². The molecule has 1 aliphatic rings. The second-order valence-electron chi connectivity index (χ2n) is 2.48. The van der Waals surface area contributed by atoms with Crippen molar-refractivity contribution in [1.82, 2.24) is 0 Å². The Bertz CT molecular complexity index is 198. The summed E-state index contributed by atoms with van der Waals surface area (Å²) in [5.74, 6) is -0.107. The van der Waals surface area contributed by atoms with Crippen LogP contribution >= 0.6 is 15.9 Å². The van der Waals surface area contributed by atoms with Gasteiger partial charge in [0, 0.05) is 7.11 Å². The first-order valence-electron chi connectivity index (χ1n) is 3.42. The van der Waals surface area contributed by atoms with Crippen molar-refractivity contribution in [3.63, 3.8) is 0 Å². The lowest BCUT2D eigenvalue weighted by atomic mass is 10.1. The van der Waals surface area contributed by atoms with Crippen molar-refractivity contribution in [3.8, 4) is 0 Å². The monoisotopic (exact) mass is 220 g/mol. The number of rotatable bonds is 2. The molecule has 0 N–H and O–H groups in total. The van der Waals surface area contributed by atoms with E-state index in [0.717, 1.165) is 5.57 Å². The lowest BCUT2D eigenvalue weighted by Gasteiger charge is -2.14. The fourth-order valence-electron chi connectivity index (χ4n) is 0.990. The normalized spacial score (nSPS) is 24.5. The van der Waals surface area contributed by atoms with Gasteiger partial charge < -0.3 is 4.74 Å². The first-order chi connectivity index (χ1) is 5.24. The van der Waals surface area contributed by atoms with E-state index in [0.29, 0.717) is 13.0 Å². The predicted octanol–water partition coefficient (Wildman–Crippen LogP) is 2.58. The van der Waals surface area contributed by atoms with Gasteiger partial charge in [-0.05, 0) is 18.1 Å². The highest BCUT2D eigenvalue weighted by Gasteiger charge is 2.15. The van der Waals surface area contributed by atoms with Crippen molar-refractivity contribution in [2.45, 2.75) is 11.2 Å². The molecule has 0 radical (unpaired) electrons. The molecule has 1 unspecified atom stereocenters. The SMILES string of the molecule is COCC1=CC=C(F)C(Br)C1. The summed E-state index contributed by atoms with van der Waals surface area (Å²) in [6.45, 7) is 0.589. The van der Waals surface area contributed by atoms with Crippen LogP contribution in [0.1, 0.15) is 6.42 Å². The van der Waals surface area contributed by atoms with Crippen LogP contribution in [0.5, 0.6) is 0 Å². The highest BCUT2D eigenvalue weighted by Crippen LogP contribution is 2.25. The Labute approximate surface area is 74.1 Å². The quantitative estimate of drug-likeness (QED) is 0.651. The van der Waals surface area contributed by atoms with E-state index in [1.807, 2.05) is 0 Å². The number of hydrogen-bond donors (Lipinski definition) is 0. The zero-order chi connectivity index (χ0) is 8.27. The molecule has 3 heteroatoms. The fourth-order valence-corrected chi connectivity index (χ4v) is 1.56. The smallest absolute Gasteiger partial charge is 0.114 e. The largest absolute Gasteiger partial charge is 0.380 e. The second-order valence-corrected chi connectivity index (χ2v) is 3.59. The van der Waals surface area contributed by atoms with Crippen molar-refractivity contribution in [3.05, 3.63) is 23.6 Å². The zero-order valence-corrected chi connectivity index (χ0v) is 7.90. The maximum Gasteiger partial charge on any atom is 0.114 e. The minimum Gasteiger partial charge on any atom is -0.380 e. The highest BCUT2D eigenvalue weighted by atomic mass is 79.9. The zero-order valence-electron chi connectivity index (χ0n) is 6.31. The maximum absolute atomic E-state index is 12.7. The summed E-state index contributed by atoms with van der Waals surface area (Å²) < 4.78 is 17.6. The van der Waals surface area contributed by atoms with Gasteiger partial charge in [0.05, 0.1) is 11.4 Å². The summed E-state index contributed by atoms with van der Waals surface area (Å²) >= 11 is 3.22. The Hall–Kier alpha value is -0.150. The topological polar surface area (TPSA) is 9.23 Å². The number of hydrogen-bond acceptors (Lipinski definition) is 1. The van der Waals surface area contributed by atoms with Crippen molar-refractivity contribution in [2.24, 2.45) is 0 Å². The van der Waals surface area contributed by atoms with Crippen LogP contribution in [-0.4, -0.2) is 18.5 Å². The molecular formula is C8H10BrFO. The van der Waals surface area contributed by atoms with Gasteiger partial charge in [0.15, 0.2) is 0 Å². The molecule has 0 saturated carbocycles. The maximum atomic E-state index is 12.7. The molecule has 0 aromatic heterocycles. The van der Waals surface area contributed by atoms with Crippen LogP contribution in [0.4, 0.5) is 4.39 Å². The second kappa shape index (κ2) is 4.02. The van der Waals surface area contributed by atoms with Crippen molar-refractivity contribution in [2.75, 3.05) is 13.7 Å². The van der Waals surface area contributed by atoms with Crippen molar-refractivity contribution in [1.29, 1.82) is 0 Å². The fraction of sp³-hybridized carbons (Fsp3) is 0.500. The molecule has 1 aliphatic carbocycles. The number of halogens is 2. The third-order valence-electron chi connectivity index (χ3n) is 1.55. The lowest BCUT2D eigenvalue weighted by molar-refractivity contribution is 0.222. The van der Waals surface area contributed by atoms with Crippen LogP contribution in [0.3, 0.4) is 0 Å². The molecule has 0 aromatic rings. The van der Waals surface area contributed by atoms with Gasteiger partial charge in [-0.25, -0.2) is 4.39 Å². The van der Waals surface area contributed by atoms with Crippen LogP contribution in [0, 0.1) is 0 Å². The molecule has 1 rings (SSSR count). The van der Waals surface area contributed by atoms with E-state index >= 15 is 0 Å². The molecule has 1 atom stereocenters. The molecular weight excluding hydrogens is 211 g/mol. The molecule has 0 aliphatic heterocycles. The summed E-state index contributed by atoms with van der Waals surface area (Å²) in [5, 5.41) is 0. The molecule has 11 heavy (non-hydrogen) atoms. The Morgan fingerprint density at radius 3 is 3.00 bits per heavy atom. The van der Waals surface area contributed by atoms with Gasteiger partial charge in [-0.3, -0.25) is 0 Å². The number of alkyl halides is 1. The van der Waals surface area contributed by atoms with E-state index < -0.39 is 0 Å². The summed E-state index contributed by atoms with van der Waals surface area (Å²) in [6.07, 6.45) is 3.96. The van der Waals surface area contributed by atoms with Gasteiger partial charge in [-0.2, -0.15) is 0 Å². The predicted molar refractivity (Wildman–Crippen MR) is 46.5 cm³/mol. The van der Waals surface area contributed by atoms with Gasteiger partial charge >= 0.3 is 0 Å². The Morgan fingerprint density at radius 1 is 1.73 bits per heavy atom. The Kier molecular flexibility index (Phi) is 3.27. The molecule has 0 bridgehead atoms. The molecule has 0 fully saturated rings. The van der Waals surface area contributed by atoms with Crippen LogP contribution in [0.2, 0.25) is 0 Å². The molecule has 0 saturated heterocycles. The van der Waals surface area contributed by atoms with Gasteiger partial charge in [0.2, 0.25) is 0 Å². The third kappa shape index (κ3) is 2.42. The first kappa shape index (κ1) is 8.94. The van der Waals surface area contributed by atoms with Crippen LogP contribution in [0.15, 0.2) is 23.6 Å². The molecule has 1 nitrogen and oxygen atoms in total. The van der Waals surface area contributed by atoms with Crippen LogP contribution in [-0.2, 0) is 4.74 Å². The Morgan fingerprint density at radius 2 is 2.45 bits per heavy atom. The van der Waals surface area contributed by atoms with Crippen LogP contribution in [0.25, 0.3) is 0 Å². The van der Waals surface area contributed by atoms with Gasteiger partial charge in [-0.1, -0.05) is 22.0 Å². The van der Waals surface area contributed by atoms with Crippen molar-refractivity contribution >= 4 is 15.9 Å². The average molecular weight is 221 g/mol. The highest BCUT2D eigenvalue weighted by molar-refractivity contribution is 9.09. The standard InChI is InChI=1S/C8H10BrFO/c1-11-5-6-2-3-8(10)7(9)4-6/h2-3,7H,4-5H2,1H3. The molecule has 0 spiro atoms. The lowest BCUT2D eigenvalue weighted by Crippen LogP contribution is -2.07. The van der Waals surface area contributed by atoms with Crippen molar-refractivity contribution < 1.29 is 9.13 Å². The van der Waals surface area contributed by atoms with Crippen LogP contribution < -0.4 is 0 Å². The van der Waals surface area contributed by atoms with E-state index in [2.05, 4.69) is 15.9 Å². The van der Waals surface area contributed by atoms with E-state index in [9.17, 15) is 4.39 Å². The summed E-state index contributed by atoms with van der Waals surface area (Å²) in [5.41, 5.74) is 1.12. The van der Waals surface area contributed by atoms with Gasteiger partial charge in [0.25, 0.3) is 0 Å². The average Bonchev–Trinajstić information content (AvgIpc) is 1.98. The summed E-state index contributed by atoms with van der Waals surface area (Å²) in [7, 11) is 1.64. The Balaban J connectivity index is 2.58. The van der Waals surface area contributed by atoms with E-state index in [-0.39, 0.29) is 10.7 Å².